The van der Waals surface area contributed by atoms with E-state index in [1.54, 1.807) is 20.2 Å². The molecule has 0 radical (unpaired) electrons. The molecule has 2 aromatic rings. The molecule has 1 amide bonds. The average molecular weight is 317 g/mol. The third kappa shape index (κ3) is 4.53. The number of rotatable bonds is 6. The van der Waals surface area contributed by atoms with Gasteiger partial charge in [-0.3, -0.25) is 4.79 Å². The van der Waals surface area contributed by atoms with Crippen LogP contribution in [0.3, 0.4) is 0 Å². The van der Waals surface area contributed by atoms with Crippen molar-refractivity contribution in [2.24, 2.45) is 0 Å². The second kappa shape index (κ2) is 7.74. The van der Waals surface area contributed by atoms with Crippen molar-refractivity contribution in [3.63, 3.8) is 0 Å². The number of carbonyl (C=O) groups excluding carboxylic acids is 1. The summed E-state index contributed by atoms with van der Waals surface area (Å²) in [6.45, 7) is 1.42. The van der Waals surface area contributed by atoms with Gasteiger partial charge in [-0.25, -0.2) is 4.39 Å². The summed E-state index contributed by atoms with van der Waals surface area (Å²) in [4.78, 5) is 12.7. The molecule has 0 fully saturated rings. The first-order valence-electron chi connectivity index (χ1n) is 7.48. The summed E-state index contributed by atoms with van der Waals surface area (Å²) in [6.07, 6.45) is 0. The van der Waals surface area contributed by atoms with Gasteiger partial charge in [0.25, 0.3) is 5.91 Å². The highest BCUT2D eigenvalue weighted by Gasteiger charge is 2.11. The van der Waals surface area contributed by atoms with E-state index < -0.39 is 0 Å². The zero-order valence-electron chi connectivity index (χ0n) is 13.7. The maximum atomic E-state index is 13.4. The third-order valence-electron chi connectivity index (χ3n) is 3.68. The van der Waals surface area contributed by atoms with E-state index in [2.05, 4.69) is 5.32 Å². The minimum Gasteiger partial charge on any atom is -0.496 e. The van der Waals surface area contributed by atoms with Gasteiger partial charge < -0.3 is 15.0 Å². The Morgan fingerprint density at radius 3 is 2.48 bits per heavy atom. The van der Waals surface area contributed by atoms with Gasteiger partial charge in [0.1, 0.15) is 24.7 Å². The molecule has 0 saturated carbocycles. The maximum absolute atomic E-state index is 13.4. The summed E-state index contributed by atoms with van der Waals surface area (Å²) >= 11 is 0. The van der Waals surface area contributed by atoms with Crippen molar-refractivity contribution in [2.45, 2.75) is 13.1 Å². The Bertz CT molecular complexity index is 671. The number of ether oxygens (including phenoxy) is 1. The lowest BCUT2D eigenvalue weighted by Gasteiger charge is -2.16. The number of methoxy groups -OCH3 is 1. The molecular weight excluding hydrogens is 295 g/mol. The molecule has 1 atom stereocenters. The number of quaternary nitrogens is 1. The van der Waals surface area contributed by atoms with Crippen molar-refractivity contribution >= 4 is 5.91 Å². The Morgan fingerprint density at radius 1 is 1.17 bits per heavy atom. The largest absolute Gasteiger partial charge is 0.496 e. The molecule has 0 spiro atoms. The molecule has 0 aromatic heterocycles. The Kier molecular flexibility index (Phi) is 5.71. The van der Waals surface area contributed by atoms with Gasteiger partial charge in [0, 0.05) is 18.2 Å². The number of hydrogen-bond acceptors (Lipinski definition) is 2. The minimum atomic E-state index is -0.261. The highest BCUT2D eigenvalue weighted by Crippen LogP contribution is 2.18. The number of halogens is 1. The first-order chi connectivity index (χ1) is 11.0. The number of benzene rings is 2. The summed E-state index contributed by atoms with van der Waals surface area (Å²) in [6, 6.07) is 12.1. The highest BCUT2D eigenvalue weighted by atomic mass is 19.1. The van der Waals surface area contributed by atoms with Crippen LogP contribution < -0.4 is 15.0 Å². The molecule has 4 nitrogen and oxygen atoms in total. The zero-order chi connectivity index (χ0) is 16.8. The summed E-state index contributed by atoms with van der Waals surface area (Å²) < 4.78 is 18.7. The summed E-state index contributed by atoms with van der Waals surface area (Å²) in [5.41, 5.74) is 2.60. The van der Waals surface area contributed by atoms with Crippen molar-refractivity contribution < 1.29 is 18.8 Å². The van der Waals surface area contributed by atoms with Crippen molar-refractivity contribution in [1.29, 1.82) is 0 Å². The van der Waals surface area contributed by atoms with Gasteiger partial charge in [0.2, 0.25) is 0 Å². The number of carbonyl (C=O) groups is 1. The van der Waals surface area contributed by atoms with Gasteiger partial charge in [0.15, 0.2) is 0 Å². The van der Waals surface area contributed by atoms with Gasteiger partial charge in [-0.05, 0) is 30.3 Å². The molecule has 0 heterocycles. The number of hydrogen-bond donors (Lipinski definition) is 2. The van der Waals surface area contributed by atoms with Crippen LogP contribution in [0.15, 0.2) is 42.5 Å². The van der Waals surface area contributed by atoms with E-state index in [4.69, 9.17) is 4.74 Å². The van der Waals surface area contributed by atoms with Gasteiger partial charge in [-0.1, -0.05) is 12.1 Å². The van der Waals surface area contributed by atoms with Crippen LogP contribution in [0, 0.1) is 5.82 Å². The van der Waals surface area contributed by atoms with Gasteiger partial charge >= 0.3 is 0 Å². The van der Waals surface area contributed by atoms with Crippen molar-refractivity contribution in [1.82, 2.24) is 5.32 Å². The molecule has 0 aliphatic rings. The predicted octanol–water partition coefficient (Wildman–Crippen LogP) is 1.41. The van der Waals surface area contributed by atoms with Gasteiger partial charge in [-0.2, -0.15) is 0 Å². The second-order valence-corrected chi connectivity index (χ2v) is 5.54. The summed E-state index contributed by atoms with van der Waals surface area (Å²) in [5.74, 6) is 0.339. The van der Waals surface area contributed by atoms with Gasteiger partial charge in [-0.15, -0.1) is 0 Å². The predicted molar refractivity (Wildman–Crippen MR) is 87.1 cm³/mol. The van der Waals surface area contributed by atoms with Crippen LogP contribution in [-0.2, 0) is 13.1 Å². The molecule has 122 valence electrons. The lowest BCUT2D eigenvalue weighted by molar-refractivity contribution is -0.907. The SMILES string of the molecule is CNC(=O)c1ccc(C[NH+](C)Cc2cc(F)ccc2OC)cc1. The normalized spacial score (nSPS) is 11.8. The number of nitrogens with one attached hydrogen (secondary N) is 2. The average Bonchev–Trinajstić information content (AvgIpc) is 2.55. The Balaban J connectivity index is 2.03. The second-order valence-electron chi connectivity index (χ2n) is 5.54. The van der Waals surface area contributed by atoms with E-state index in [1.165, 1.54) is 17.0 Å². The van der Waals surface area contributed by atoms with E-state index in [9.17, 15) is 9.18 Å². The molecule has 5 heteroatoms. The monoisotopic (exact) mass is 317 g/mol. The quantitative estimate of drug-likeness (QED) is 0.846. The standard InChI is InChI=1S/C18H21FN2O2/c1-20-18(22)14-6-4-13(5-7-14)11-21(2)12-15-10-16(19)8-9-17(15)23-3/h4-10H,11-12H2,1-3H3,(H,20,22)/p+1. The zero-order valence-corrected chi connectivity index (χ0v) is 13.7. The van der Waals surface area contributed by atoms with Crippen LogP contribution in [0.1, 0.15) is 21.5 Å². The smallest absolute Gasteiger partial charge is 0.251 e. The van der Waals surface area contributed by atoms with Crippen LogP contribution in [-0.4, -0.2) is 27.1 Å². The fourth-order valence-electron chi connectivity index (χ4n) is 2.54. The molecule has 0 aliphatic carbocycles. The Hall–Kier alpha value is -2.40. The fourth-order valence-corrected chi connectivity index (χ4v) is 2.54. The fraction of sp³-hybridized carbons (Fsp3) is 0.278. The molecule has 0 aliphatic heterocycles. The van der Waals surface area contributed by atoms with E-state index in [0.717, 1.165) is 17.7 Å². The highest BCUT2D eigenvalue weighted by molar-refractivity contribution is 5.93. The third-order valence-corrected chi connectivity index (χ3v) is 3.68. The van der Waals surface area contributed by atoms with Crippen LogP contribution >= 0.6 is 0 Å². The lowest BCUT2D eigenvalue weighted by atomic mass is 10.1. The minimum absolute atomic E-state index is 0.0956. The van der Waals surface area contributed by atoms with E-state index >= 15 is 0 Å². The molecule has 1 unspecified atom stereocenters. The molecule has 0 saturated heterocycles. The molecule has 23 heavy (non-hydrogen) atoms. The van der Waals surface area contributed by atoms with Crippen LogP contribution in [0.25, 0.3) is 0 Å². The van der Waals surface area contributed by atoms with E-state index in [1.807, 2.05) is 31.3 Å². The van der Waals surface area contributed by atoms with E-state index in [0.29, 0.717) is 17.9 Å². The molecule has 0 bridgehead atoms. The Morgan fingerprint density at radius 2 is 1.87 bits per heavy atom. The Labute approximate surface area is 135 Å². The van der Waals surface area contributed by atoms with Crippen LogP contribution in [0.4, 0.5) is 4.39 Å². The van der Waals surface area contributed by atoms with Crippen molar-refractivity contribution in [3.05, 3.63) is 65.0 Å². The first-order valence-corrected chi connectivity index (χ1v) is 7.48. The van der Waals surface area contributed by atoms with Crippen LogP contribution in [0.5, 0.6) is 5.75 Å². The molecular formula is C18H22FN2O2+. The van der Waals surface area contributed by atoms with Crippen molar-refractivity contribution in [3.8, 4) is 5.75 Å². The van der Waals surface area contributed by atoms with Crippen LogP contribution in [0.2, 0.25) is 0 Å². The maximum Gasteiger partial charge on any atom is 0.251 e. The molecule has 2 aromatic carbocycles. The van der Waals surface area contributed by atoms with Crippen molar-refractivity contribution in [2.75, 3.05) is 21.2 Å². The van der Waals surface area contributed by atoms with E-state index in [-0.39, 0.29) is 11.7 Å². The topological polar surface area (TPSA) is 42.8 Å². The number of amides is 1. The first kappa shape index (κ1) is 17.0. The molecule has 2 rings (SSSR count). The lowest BCUT2D eigenvalue weighted by Crippen LogP contribution is -3.06. The summed E-state index contributed by atoms with van der Waals surface area (Å²) in [5, 5.41) is 2.60. The summed E-state index contributed by atoms with van der Waals surface area (Å²) in [7, 11) is 5.24. The molecule has 2 N–H and O–H groups in total. The van der Waals surface area contributed by atoms with Gasteiger partial charge in [0.05, 0.1) is 19.7 Å².